The molecule has 6 heteroatoms. The molecule has 0 radical (unpaired) electrons. The van der Waals surface area contributed by atoms with Crippen molar-refractivity contribution in [3.63, 3.8) is 0 Å². The Morgan fingerprint density at radius 1 is 1.32 bits per heavy atom. The van der Waals surface area contributed by atoms with Crippen LogP contribution in [0.1, 0.15) is 18.1 Å². The van der Waals surface area contributed by atoms with Gasteiger partial charge in [-0.3, -0.25) is 0 Å². The molecule has 25 heavy (non-hydrogen) atoms. The standard InChI is InChI=1S/C19H20BrClFNO2/c1-3-8-23-11-13-9-15(20)19(18(10-13)24-4-2)25-12-14-16(21)6-5-7-17(14)22/h3,5-7,9-10,23H,1,4,8,11-12H2,2H3. The molecule has 0 unspecified atom stereocenters. The molecule has 3 nitrogen and oxygen atoms in total. The van der Waals surface area contributed by atoms with Crippen LogP contribution in [-0.4, -0.2) is 13.2 Å². The molecule has 0 saturated carbocycles. The van der Waals surface area contributed by atoms with E-state index in [0.717, 1.165) is 10.0 Å². The van der Waals surface area contributed by atoms with E-state index < -0.39 is 5.82 Å². The van der Waals surface area contributed by atoms with E-state index in [1.54, 1.807) is 18.2 Å². The zero-order valence-corrected chi connectivity index (χ0v) is 16.3. The Bertz CT molecular complexity index is 719. The lowest BCUT2D eigenvalue weighted by Gasteiger charge is -2.16. The van der Waals surface area contributed by atoms with Gasteiger partial charge in [-0.2, -0.15) is 0 Å². The quantitative estimate of drug-likeness (QED) is 0.423. The Hall–Kier alpha value is -1.56. The molecule has 0 bridgehead atoms. The van der Waals surface area contributed by atoms with Gasteiger partial charge >= 0.3 is 0 Å². The van der Waals surface area contributed by atoms with Gasteiger partial charge in [-0.25, -0.2) is 4.39 Å². The molecular weight excluding hydrogens is 409 g/mol. The van der Waals surface area contributed by atoms with E-state index >= 15 is 0 Å². The summed E-state index contributed by atoms with van der Waals surface area (Å²) in [6.07, 6.45) is 1.80. The fraction of sp³-hybridized carbons (Fsp3) is 0.263. The molecule has 2 aromatic rings. The van der Waals surface area contributed by atoms with Crippen LogP contribution in [0.3, 0.4) is 0 Å². The molecule has 0 aliphatic rings. The van der Waals surface area contributed by atoms with Crippen molar-refractivity contribution in [1.82, 2.24) is 5.32 Å². The Morgan fingerprint density at radius 3 is 2.80 bits per heavy atom. The minimum atomic E-state index is -0.396. The summed E-state index contributed by atoms with van der Waals surface area (Å²) < 4.78 is 26.2. The van der Waals surface area contributed by atoms with Gasteiger partial charge in [-0.1, -0.05) is 23.7 Å². The van der Waals surface area contributed by atoms with Crippen LogP contribution in [0.4, 0.5) is 4.39 Å². The van der Waals surface area contributed by atoms with Crippen LogP contribution in [0.25, 0.3) is 0 Å². The minimum absolute atomic E-state index is 0.0121. The van der Waals surface area contributed by atoms with Crippen LogP contribution in [0.5, 0.6) is 11.5 Å². The second kappa shape index (κ2) is 9.80. The van der Waals surface area contributed by atoms with Crippen molar-refractivity contribution < 1.29 is 13.9 Å². The summed E-state index contributed by atoms with van der Waals surface area (Å²) in [5.74, 6) is 0.722. The highest BCUT2D eigenvalue weighted by atomic mass is 79.9. The largest absolute Gasteiger partial charge is 0.490 e. The molecule has 2 rings (SSSR count). The van der Waals surface area contributed by atoms with Crippen LogP contribution in [0, 0.1) is 5.82 Å². The van der Waals surface area contributed by atoms with Gasteiger partial charge in [0.1, 0.15) is 12.4 Å². The maximum Gasteiger partial charge on any atom is 0.175 e. The number of hydrogen-bond donors (Lipinski definition) is 1. The molecule has 1 N–H and O–H groups in total. The van der Waals surface area contributed by atoms with Gasteiger partial charge in [-0.05, 0) is 52.7 Å². The molecule has 0 fully saturated rings. The molecule has 0 spiro atoms. The van der Waals surface area contributed by atoms with Gasteiger partial charge in [0, 0.05) is 18.7 Å². The average molecular weight is 429 g/mol. The van der Waals surface area contributed by atoms with E-state index in [4.69, 9.17) is 21.1 Å². The molecule has 0 saturated heterocycles. The maximum absolute atomic E-state index is 13.9. The summed E-state index contributed by atoms with van der Waals surface area (Å²) in [4.78, 5) is 0. The predicted molar refractivity (Wildman–Crippen MR) is 103 cm³/mol. The first-order valence-electron chi connectivity index (χ1n) is 7.89. The van der Waals surface area contributed by atoms with E-state index in [0.29, 0.717) is 41.8 Å². The van der Waals surface area contributed by atoms with Crippen molar-refractivity contribution in [2.75, 3.05) is 13.2 Å². The zero-order chi connectivity index (χ0) is 18.2. The molecule has 0 atom stereocenters. The Balaban J connectivity index is 2.22. The summed E-state index contributed by atoms with van der Waals surface area (Å²) in [6, 6.07) is 8.40. The second-order valence-electron chi connectivity index (χ2n) is 5.25. The van der Waals surface area contributed by atoms with Crippen molar-refractivity contribution in [3.05, 3.63) is 69.4 Å². The van der Waals surface area contributed by atoms with E-state index in [9.17, 15) is 4.39 Å². The molecule has 0 aromatic heterocycles. The van der Waals surface area contributed by atoms with Crippen LogP contribution in [0.15, 0.2) is 47.5 Å². The lowest BCUT2D eigenvalue weighted by Crippen LogP contribution is -2.13. The third kappa shape index (κ3) is 5.46. The third-order valence-electron chi connectivity index (χ3n) is 3.41. The lowest BCUT2D eigenvalue weighted by atomic mass is 10.2. The Kier molecular flexibility index (Phi) is 7.75. The number of hydrogen-bond acceptors (Lipinski definition) is 3. The van der Waals surface area contributed by atoms with E-state index in [1.807, 2.05) is 19.1 Å². The van der Waals surface area contributed by atoms with E-state index in [2.05, 4.69) is 27.8 Å². The number of benzene rings is 2. The summed E-state index contributed by atoms with van der Waals surface area (Å²) in [5.41, 5.74) is 1.35. The summed E-state index contributed by atoms with van der Waals surface area (Å²) in [5, 5.41) is 3.57. The first kappa shape index (κ1) is 19.8. The van der Waals surface area contributed by atoms with Gasteiger partial charge in [-0.15, -0.1) is 6.58 Å². The van der Waals surface area contributed by atoms with Crippen LogP contribution < -0.4 is 14.8 Å². The molecule has 2 aromatic carbocycles. The van der Waals surface area contributed by atoms with Crippen LogP contribution >= 0.6 is 27.5 Å². The minimum Gasteiger partial charge on any atom is -0.490 e. The first-order valence-corrected chi connectivity index (χ1v) is 9.06. The molecule has 0 aliphatic heterocycles. The molecule has 134 valence electrons. The van der Waals surface area contributed by atoms with Crippen molar-refractivity contribution in [3.8, 4) is 11.5 Å². The molecule has 0 heterocycles. The van der Waals surface area contributed by atoms with Gasteiger partial charge in [0.2, 0.25) is 0 Å². The van der Waals surface area contributed by atoms with Crippen LogP contribution in [0.2, 0.25) is 5.02 Å². The number of rotatable bonds is 9. The molecule has 0 aliphatic carbocycles. The third-order valence-corrected chi connectivity index (χ3v) is 4.35. The van der Waals surface area contributed by atoms with Crippen molar-refractivity contribution in [2.24, 2.45) is 0 Å². The Morgan fingerprint density at radius 2 is 2.12 bits per heavy atom. The molecule has 0 amide bonds. The van der Waals surface area contributed by atoms with Crippen molar-refractivity contribution >= 4 is 27.5 Å². The second-order valence-corrected chi connectivity index (χ2v) is 6.51. The van der Waals surface area contributed by atoms with E-state index in [-0.39, 0.29) is 6.61 Å². The first-order chi connectivity index (χ1) is 12.1. The smallest absolute Gasteiger partial charge is 0.175 e. The van der Waals surface area contributed by atoms with Gasteiger partial charge in [0.25, 0.3) is 0 Å². The predicted octanol–water partition coefficient (Wildman–Crippen LogP) is 5.49. The van der Waals surface area contributed by atoms with Gasteiger partial charge < -0.3 is 14.8 Å². The number of halogens is 3. The highest BCUT2D eigenvalue weighted by Crippen LogP contribution is 2.38. The average Bonchev–Trinajstić information content (AvgIpc) is 2.57. The van der Waals surface area contributed by atoms with Crippen molar-refractivity contribution in [2.45, 2.75) is 20.1 Å². The topological polar surface area (TPSA) is 30.5 Å². The SMILES string of the molecule is C=CCNCc1cc(Br)c(OCc2c(F)cccc2Cl)c(OCC)c1. The number of nitrogens with one attached hydrogen (secondary N) is 1. The highest BCUT2D eigenvalue weighted by molar-refractivity contribution is 9.10. The molecular formula is C19H20BrClFNO2. The summed E-state index contributed by atoms with van der Waals surface area (Å²) in [7, 11) is 0. The normalized spacial score (nSPS) is 10.6. The number of ether oxygens (including phenoxy) is 2. The van der Waals surface area contributed by atoms with Gasteiger partial charge in [0.05, 0.1) is 16.1 Å². The maximum atomic E-state index is 13.9. The lowest BCUT2D eigenvalue weighted by molar-refractivity contribution is 0.264. The fourth-order valence-corrected chi connectivity index (χ4v) is 3.08. The van der Waals surface area contributed by atoms with Gasteiger partial charge in [0.15, 0.2) is 11.5 Å². The van der Waals surface area contributed by atoms with Crippen molar-refractivity contribution in [1.29, 1.82) is 0 Å². The summed E-state index contributed by atoms with van der Waals surface area (Å²) in [6.45, 7) is 7.47. The van der Waals surface area contributed by atoms with E-state index in [1.165, 1.54) is 6.07 Å². The Labute approximate surface area is 160 Å². The summed E-state index contributed by atoms with van der Waals surface area (Å²) >= 11 is 9.56. The monoisotopic (exact) mass is 427 g/mol. The van der Waals surface area contributed by atoms with Crippen LogP contribution in [-0.2, 0) is 13.2 Å². The zero-order valence-electron chi connectivity index (χ0n) is 14.0. The fourth-order valence-electron chi connectivity index (χ4n) is 2.26. The highest BCUT2D eigenvalue weighted by Gasteiger charge is 2.15.